The van der Waals surface area contributed by atoms with E-state index in [0.717, 1.165) is 161 Å². The van der Waals surface area contributed by atoms with Crippen molar-refractivity contribution in [3.8, 4) is 0 Å². The lowest BCUT2D eigenvalue weighted by molar-refractivity contribution is -0.146. The Balaban J connectivity index is 0.801. The topological polar surface area (TPSA) is 24.9 Å². The van der Waals surface area contributed by atoms with Crippen LogP contribution in [0.25, 0.3) is 0 Å². The first kappa shape index (κ1) is 37.6. The molecular weight excluding hydrogens is 829 g/mol. The quantitative estimate of drug-likeness (QED) is 0.150. The van der Waals surface area contributed by atoms with E-state index in [1.807, 2.05) is 7.11 Å². The minimum Gasteiger partial charge on any atom is -0.382 e. The molecule has 4 nitrogen and oxygen atoms in total. The van der Waals surface area contributed by atoms with Gasteiger partial charge < -0.3 is 14.4 Å². The summed E-state index contributed by atoms with van der Waals surface area (Å²) in [6, 6.07) is 32.9. The highest BCUT2D eigenvalue weighted by atomic mass is 16.5. The van der Waals surface area contributed by atoms with E-state index in [9.17, 15) is 0 Å². The molecule has 1 spiro atoms. The Labute approximate surface area is 404 Å². The maximum Gasteiger partial charge on any atom is 0.0700 e. The highest BCUT2D eigenvalue weighted by molar-refractivity contribution is 5.76. The number of fused-ring (bicyclic) bond motifs is 1. The van der Waals surface area contributed by atoms with Crippen LogP contribution in [0.4, 0.5) is 17.1 Å². The van der Waals surface area contributed by atoms with Crippen LogP contribution < -0.4 is 4.90 Å². The predicted molar refractivity (Wildman–Crippen MR) is 262 cm³/mol. The molecule has 3 aromatic carbocycles. The molecule has 3 aromatic rings. The molecule has 20 rings (SSSR count). The van der Waals surface area contributed by atoms with E-state index >= 15 is 0 Å². The molecule has 0 N–H and O–H groups in total. The Morgan fingerprint density at radius 3 is 1.82 bits per heavy atom. The summed E-state index contributed by atoms with van der Waals surface area (Å²) in [4.78, 5) is 5.57. The lowest BCUT2D eigenvalue weighted by atomic mass is 9.42. The van der Waals surface area contributed by atoms with Crippen LogP contribution in [0.3, 0.4) is 0 Å². The van der Waals surface area contributed by atoms with Crippen molar-refractivity contribution in [2.24, 2.45) is 159 Å². The number of nitrogens with zero attached hydrogens (tertiary/aromatic N) is 2. The van der Waals surface area contributed by atoms with Gasteiger partial charge in [-0.1, -0.05) is 70.8 Å². The normalized spacial score (nSPS) is 55.9. The monoisotopic (exact) mass is 899 g/mol. The zero-order valence-corrected chi connectivity index (χ0v) is 40.1. The fraction of sp³-hybridized carbons (Fsp3) is 0.656. The Bertz CT molecular complexity index is 2740. The number of ether oxygens (including phenoxy) is 2. The van der Waals surface area contributed by atoms with Crippen LogP contribution >= 0.6 is 0 Å². The van der Waals surface area contributed by atoms with Gasteiger partial charge in [0.2, 0.25) is 0 Å². The highest BCUT2D eigenvalue weighted by Crippen LogP contribution is 2.93. The van der Waals surface area contributed by atoms with E-state index in [1.165, 1.54) is 36.4 Å². The highest BCUT2D eigenvalue weighted by Gasteiger charge is 2.88. The number of likely N-dealkylation sites (tertiary alicyclic amines) is 1. The first-order valence-corrected chi connectivity index (χ1v) is 29.0. The Morgan fingerprint density at radius 1 is 0.544 bits per heavy atom. The molecular formula is C64H70N2O2. The van der Waals surface area contributed by atoms with Gasteiger partial charge in [-0.3, -0.25) is 4.90 Å². The van der Waals surface area contributed by atoms with Gasteiger partial charge in [0.1, 0.15) is 0 Å². The van der Waals surface area contributed by atoms with Crippen molar-refractivity contribution in [1.29, 1.82) is 0 Å². The Morgan fingerprint density at radius 2 is 1.12 bits per heavy atom. The molecule has 348 valence electrons. The van der Waals surface area contributed by atoms with E-state index in [-0.39, 0.29) is 0 Å². The number of hydrogen-bond donors (Lipinski definition) is 0. The van der Waals surface area contributed by atoms with Crippen LogP contribution in [0, 0.1) is 159 Å². The maximum absolute atomic E-state index is 6.51. The van der Waals surface area contributed by atoms with Crippen LogP contribution in [0.1, 0.15) is 63.0 Å². The number of rotatable bonds is 10. The lowest BCUT2D eigenvalue weighted by Crippen LogP contribution is -2.59. The van der Waals surface area contributed by atoms with Crippen LogP contribution in [-0.4, -0.2) is 44.9 Å². The maximum atomic E-state index is 6.51. The summed E-state index contributed by atoms with van der Waals surface area (Å²) in [5, 5.41) is 0. The first-order chi connectivity index (χ1) is 33.7. The minimum absolute atomic E-state index is 0.401. The molecule has 14 fully saturated rings. The third-order valence-corrected chi connectivity index (χ3v) is 27.3. The molecule has 16 aliphatic carbocycles. The largest absolute Gasteiger partial charge is 0.382 e. The smallest absolute Gasteiger partial charge is 0.0700 e. The average molecular weight is 899 g/mol. The molecule has 0 bridgehead atoms. The number of para-hydroxylation sites is 2. The number of methoxy groups -OCH3 is 1. The zero-order chi connectivity index (χ0) is 43.4. The molecule has 0 radical (unpaired) electrons. The summed E-state index contributed by atoms with van der Waals surface area (Å²) >= 11 is 0. The standard InChI is InChI=1S/C64H70N2O2/c1-67-18-19-68-17-16-65-28-64-27-36-25-34-23-31-20-30-21-33-22-32-24-35-26-40(61(64)63(65)29-12-14-39(15-13-29)66(37-8-4-2-5-9-37)38-10-6-3-7-11-38)48-53-44(35)43(32)50-45(33)49-41(30)42(31)51-46(34)52-47(36)62(64)60(48)59-57(52)55(51)54(49)56(50)58(53)59/h2-15,30-34,36,41-43,45-47,49-63H,16-28H2,1H3. The number of benzene rings is 3. The number of hydrogen-bond acceptors (Lipinski definition) is 4. The first-order valence-electron chi connectivity index (χ1n) is 29.0. The molecule has 13 saturated carbocycles. The second-order valence-corrected chi connectivity index (χ2v) is 27.9. The molecule has 17 aliphatic rings. The summed E-state index contributed by atoms with van der Waals surface area (Å²) in [7, 11) is 1.82. The summed E-state index contributed by atoms with van der Waals surface area (Å²) in [6.45, 7) is 4.55. The SMILES string of the molecule is COCCOCCN1CC23CC4CC5CC6CC7CC8CC9CC%10=C%11C%12C(=C(C%10)C2C1c1ccc(N(c2ccccc2)c2ccccc2)cc1)C1C2C%12C%10C(C%119)C8C8C7C6C6C5C(C2C6C8%10)C4C13. The van der Waals surface area contributed by atoms with Crippen molar-refractivity contribution < 1.29 is 9.47 Å². The molecule has 1 aliphatic heterocycles. The van der Waals surface area contributed by atoms with E-state index in [2.05, 4.69) is 117 Å². The van der Waals surface area contributed by atoms with Crippen molar-refractivity contribution in [2.45, 2.75) is 57.4 Å². The van der Waals surface area contributed by atoms with Gasteiger partial charge in [0.05, 0.1) is 19.8 Å². The minimum atomic E-state index is 0.401. The number of allylic oxidation sites excluding steroid dienone is 3. The van der Waals surface area contributed by atoms with Gasteiger partial charge in [0.25, 0.3) is 0 Å². The molecule has 0 amide bonds. The van der Waals surface area contributed by atoms with E-state index in [4.69, 9.17) is 9.47 Å². The van der Waals surface area contributed by atoms with Gasteiger partial charge in [-0.2, -0.15) is 0 Å². The van der Waals surface area contributed by atoms with Gasteiger partial charge >= 0.3 is 0 Å². The van der Waals surface area contributed by atoms with Gasteiger partial charge in [-0.05, 0) is 241 Å². The lowest BCUT2D eigenvalue weighted by Gasteiger charge is -2.62. The van der Waals surface area contributed by atoms with E-state index in [0.29, 0.717) is 30.6 Å². The summed E-state index contributed by atoms with van der Waals surface area (Å²) in [5.41, 5.74) is 14.3. The average Bonchev–Trinajstić information content (AvgIpc) is 4.25. The summed E-state index contributed by atoms with van der Waals surface area (Å²) in [5.74, 6) is 27.2. The van der Waals surface area contributed by atoms with Crippen molar-refractivity contribution in [3.63, 3.8) is 0 Å². The molecule has 1 heterocycles. The molecule has 68 heavy (non-hydrogen) atoms. The van der Waals surface area contributed by atoms with Gasteiger partial charge in [-0.25, -0.2) is 0 Å². The van der Waals surface area contributed by atoms with Crippen LogP contribution in [-0.2, 0) is 9.47 Å². The summed E-state index contributed by atoms with van der Waals surface area (Å²) in [6.07, 6.45) is 12.7. The predicted octanol–water partition coefficient (Wildman–Crippen LogP) is 12.1. The molecule has 28 unspecified atom stereocenters. The van der Waals surface area contributed by atoms with Gasteiger partial charge in [0.15, 0.2) is 0 Å². The number of anilines is 3. The van der Waals surface area contributed by atoms with Crippen molar-refractivity contribution in [2.75, 3.05) is 44.9 Å². The molecule has 4 heteroatoms. The second-order valence-electron chi connectivity index (χ2n) is 27.9. The van der Waals surface area contributed by atoms with Crippen molar-refractivity contribution >= 4 is 17.1 Å². The third-order valence-electron chi connectivity index (χ3n) is 27.3. The Kier molecular flexibility index (Phi) is 6.82. The molecule has 0 aromatic heterocycles. The molecule has 1 saturated heterocycles. The van der Waals surface area contributed by atoms with E-state index in [1.54, 1.807) is 44.1 Å². The fourth-order valence-electron chi connectivity index (χ4n) is 28.0. The fourth-order valence-corrected chi connectivity index (χ4v) is 28.0. The van der Waals surface area contributed by atoms with Gasteiger partial charge in [0, 0.05) is 55.1 Å². The second kappa shape index (κ2) is 12.3. The van der Waals surface area contributed by atoms with E-state index < -0.39 is 0 Å². The van der Waals surface area contributed by atoms with Crippen LogP contribution in [0.2, 0.25) is 0 Å². The molecule has 28 atom stereocenters. The van der Waals surface area contributed by atoms with Crippen molar-refractivity contribution in [1.82, 2.24) is 4.90 Å². The Hall–Kier alpha value is -3.18. The van der Waals surface area contributed by atoms with Crippen molar-refractivity contribution in [3.05, 3.63) is 113 Å². The van der Waals surface area contributed by atoms with Crippen LogP contribution in [0.15, 0.2) is 107 Å². The summed E-state index contributed by atoms with van der Waals surface area (Å²) < 4.78 is 12.0. The van der Waals surface area contributed by atoms with Crippen LogP contribution in [0.5, 0.6) is 0 Å². The van der Waals surface area contributed by atoms with Gasteiger partial charge in [-0.15, -0.1) is 0 Å². The third kappa shape index (κ3) is 3.91. The zero-order valence-electron chi connectivity index (χ0n) is 40.1.